The van der Waals surface area contributed by atoms with E-state index in [0.717, 1.165) is 4.90 Å². The van der Waals surface area contributed by atoms with Crippen molar-refractivity contribution in [2.45, 2.75) is 9.92 Å². The summed E-state index contributed by atoms with van der Waals surface area (Å²) < 4.78 is 10.5. The Balaban J connectivity index is 1.65. The number of para-hydroxylation sites is 1. The minimum atomic E-state index is -0.403. The van der Waals surface area contributed by atoms with E-state index in [1.807, 2.05) is 24.3 Å². The lowest BCUT2D eigenvalue weighted by molar-refractivity contribution is -0.114. The molecule has 1 aliphatic heterocycles. The Hall–Kier alpha value is -3.23. The molecule has 7 nitrogen and oxygen atoms in total. The number of nitrogens with zero attached hydrogens (tertiary/aromatic N) is 2. The first kappa shape index (κ1) is 21.0. The number of pyridine rings is 1. The largest absolute Gasteiger partial charge is 0.495 e. The second-order valence-electron chi connectivity index (χ2n) is 6.55. The van der Waals surface area contributed by atoms with Crippen LogP contribution in [0.2, 0.25) is 5.02 Å². The van der Waals surface area contributed by atoms with Gasteiger partial charge in [-0.3, -0.25) is 14.5 Å². The average Bonchev–Trinajstić information content (AvgIpc) is 2.89. The van der Waals surface area contributed by atoms with E-state index in [2.05, 4.69) is 10.3 Å². The zero-order valence-electron chi connectivity index (χ0n) is 16.7. The number of anilines is 2. The summed E-state index contributed by atoms with van der Waals surface area (Å²) in [5.41, 5.74) is 1.47. The zero-order chi connectivity index (χ0) is 22.0. The van der Waals surface area contributed by atoms with Crippen LogP contribution < -0.4 is 19.7 Å². The molecule has 9 heteroatoms. The molecule has 4 rings (SSSR count). The maximum absolute atomic E-state index is 13.3. The SMILES string of the molecule is COc1cc(OC)c(NC(=O)CN2C(=O)c3cccnc3Sc3ccccc32)cc1Cl. The summed E-state index contributed by atoms with van der Waals surface area (Å²) in [5.74, 6) is 0.118. The van der Waals surface area contributed by atoms with Crippen LogP contribution in [-0.2, 0) is 4.79 Å². The van der Waals surface area contributed by atoms with Crippen molar-refractivity contribution in [2.24, 2.45) is 0 Å². The molecule has 0 unspecified atom stereocenters. The third-order valence-electron chi connectivity index (χ3n) is 4.66. The van der Waals surface area contributed by atoms with E-state index in [1.165, 1.54) is 30.9 Å². The van der Waals surface area contributed by atoms with E-state index in [-0.39, 0.29) is 12.5 Å². The highest BCUT2D eigenvalue weighted by molar-refractivity contribution is 7.99. The van der Waals surface area contributed by atoms with E-state index < -0.39 is 5.91 Å². The fourth-order valence-electron chi connectivity index (χ4n) is 3.21. The lowest BCUT2D eigenvalue weighted by atomic mass is 10.2. The second-order valence-corrected chi connectivity index (χ2v) is 7.99. The van der Waals surface area contributed by atoms with Gasteiger partial charge in [-0.1, -0.05) is 35.5 Å². The number of amides is 2. The maximum atomic E-state index is 13.3. The molecule has 1 aromatic heterocycles. The molecule has 158 valence electrons. The molecule has 0 fully saturated rings. The number of carbonyl (C=O) groups is 2. The van der Waals surface area contributed by atoms with E-state index in [1.54, 1.807) is 30.5 Å². The molecule has 0 aliphatic carbocycles. The Morgan fingerprint density at radius 2 is 1.90 bits per heavy atom. The highest BCUT2D eigenvalue weighted by Crippen LogP contribution is 2.40. The van der Waals surface area contributed by atoms with Gasteiger partial charge in [-0.15, -0.1) is 0 Å². The molecular formula is C22H18ClN3O4S. The summed E-state index contributed by atoms with van der Waals surface area (Å²) in [5, 5.41) is 3.70. The fourth-order valence-corrected chi connectivity index (χ4v) is 4.47. The normalized spacial score (nSPS) is 12.5. The zero-order valence-corrected chi connectivity index (χ0v) is 18.3. The van der Waals surface area contributed by atoms with Crippen molar-refractivity contribution in [1.82, 2.24) is 4.98 Å². The number of nitrogens with one attached hydrogen (secondary N) is 1. The van der Waals surface area contributed by atoms with Crippen molar-refractivity contribution >= 4 is 46.6 Å². The molecule has 1 N–H and O–H groups in total. The highest BCUT2D eigenvalue weighted by atomic mass is 35.5. The molecule has 0 spiro atoms. The number of methoxy groups -OCH3 is 2. The quantitative estimate of drug-likeness (QED) is 0.610. The molecule has 0 saturated carbocycles. The van der Waals surface area contributed by atoms with Crippen molar-refractivity contribution in [3.63, 3.8) is 0 Å². The van der Waals surface area contributed by atoms with Gasteiger partial charge in [0.05, 0.1) is 36.2 Å². The molecule has 0 atom stereocenters. The summed E-state index contributed by atoms with van der Waals surface area (Å²) in [6, 6.07) is 14.0. The molecular weight excluding hydrogens is 438 g/mol. The van der Waals surface area contributed by atoms with Gasteiger partial charge in [-0.25, -0.2) is 4.98 Å². The molecule has 31 heavy (non-hydrogen) atoms. The van der Waals surface area contributed by atoms with Crippen LogP contribution in [0, 0.1) is 0 Å². The number of rotatable bonds is 5. The van der Waals surface area contributed by atoms with E-state index >= 15 is 0 Å². The number of ether oxygens (including phenoxy) is 2. The summed E-state index contributed by atoms with van der Waals surface area (Å²) in [4.78, 5) is 32.8. The van der Waals surface area contributed by atoms with E-state index in [9.17, 15) is 9.59 Å². The predicted molar refractivity (Wildman–Crippen MR) is 120 cm³/mol. The average molecular weight is 456 g/mol. The Bertz CT molecular complexity index is 1170. The van der Waals surface area contributed by atoms with Gasteiger partial charge in [0.15, 0.2) is 0 Å². The van der Waals surface area contributed by atoms with Crippen molar-refractivity contribution in [2.75, 3.05) is 31.0 Å². The van der Waals surface area contributed by atoms with Gasteiger partial charge in [0.1, 0.15) is 23.1 Å². The van der Waals surface area contributed by atoms with Gasteiger partial charge in [0.25, 0.3) is 5.91 Å². The van der Waals surface area contributed by atoms with Gasteiger partial charge in [-0.2, -0.15) is 0 Å². The molecule has 1 aliphatic rings. The van der Waals surface area contributed by atoms with Gasteiger partial charge in [0, 0.05) is 17.2 Å². The van der Waals surface area contributed by atoms with E-state index in [0.29, 0.717) is 38.5 Å². The minimum Gasteiger partial charge on any atom is -0.495 e. The number of aromatic nitrogens is 1. The number of halogens is 1. The maximum Gasteiger partial charge on any atom is 0.261 e. The molecule has 2 heterocycles. The van der Waals surface area contributed by atoms with Crippen LogP contribution in [0.5, 0.6) is 11.5 Å². The fraction of sp³-hybridized carbons (Fsp3) is 0.136. The topological polar surface area (TPSA) is 80.8 Å². The first-order chi connectivity index (χ1) is 15.0. The predicted octanol–water partition coefficient (Wildman–Crippen LogP) is 4.50. The molecule has 0 saturated heterocycles. The first-order valence-electron chi connectivity index (χ1n) is 9.27. The summed E-state index contributed by atoms with van der Waals surface area (Å²) in [7, 11) is 2.97. The monoisotopic (exact) mass is 455 g/mol. The number of hydrogen-bond acceptors (Lipinski definition) is 6. The lowest BCUT2D eigenvalue weighted by Gasteiger charge is -2.22. The standard InChI is InChI=1S/C22H18ClN3O4S/c1-29-17-11-18(30-2)15(10-14(17)23)25-20(27)12-26-16-7-3-4-8-19(16)31-21-13(22(26)28)6-5-9-24-21/h3-11H,12H2,1-2H3,(H,25,27). The summed E-state index contributed by atoms with van der Waals surface area (Å²) in [6.07, 6.45) is 1.64. The Morgan fingerprint density at radius 3 is 2.68 bits per heavy atom. The smallest absolute Gasteiger partial charge is 0.261 e. The van der Waals surface area contributed by atoms with Crippen LogP contribution in [0.4, 0.5) is 11.4 Å². The Labute approximate surface area is 188 Å². The highest BCUT2D eigenvalue weighted by Gasteiger charge is 2.29. The number of hydrogen-bond donors (Lipinski definition) is 1. The number of benzene rings is 2. The summed E-state index contributed by atoms with van der Waals surface area (Å²) >= 11 is 7.59. The lowest BCUT2D eigenvalue weighted by Crippen LogP contribution is -2.38. The van der Waals surface area contributed by atoms with Crippen LogP contribution in [0.15, 0.2) is 64.6 Å². The Morgan fingerprint density at radius 1 is 1.13 bits per heavy atom. The van der Waals surface area contributed by atoms with E-state index in [4.69, 9.17) is 21.1 Å². The number of fused-ring (bicyclic) bond motifs is 2. The van der Waals surface area contributed by atoms with Crippen LogP contribution in [0.3, 0.4) is 0 Å². The molecule has 2 amide bonds. The first-order valence-corrected chi connectivity index (χ1v) is 10.5. The van der Waals surface area contributed by atoms with Crippen molar-refractivity contribution < 1.29 is 19.1 Å². The molecule has 0 bridgehead atoms. The summed E-state index contributed by atoms with van der Waals surface area (Å²) in [6.45, 7) is -0.197. The molecule has 3 aromatic rings. The molecule has 0 radical (unpaired) electrons. The van der Waals surface area contributed by atoms with Crippen molar-refractivity contribution in [1.29, 1.82) is 0 Å². The van der Waals surface area contributed by atoms with Crippen LogP contribution >= 0.6 is 23.4 Å². The van der Waals surface area contributed by atoms with Crippen LogP contribution in [0.25, 0.3) is 0 Å². The third kappa shape index (κ3) is 4.17. The van der Waals surface area contributed by atoms with Crippen molar-refractivity contribution in [3.05, 3.63) is 65.3 Å². The van der Waals surface area contributed by atoms with Gasteiger partial charge in [-0.05, 0) is 30.3 Å². The van der Waals surface area contributed by atoms with Gasteiger partial charge < -0.3 is 14.8 Å². The molecule has 2 aromatic carbocycles. The number of carbonyl (C=O) groups excluding carboxylic acids is 2. The van der Waals surface area contributed by atoms with Crippen LogP contribution in [0.1, 0.15) is 10.4 Å². The van der Waals surface area contributed by atoms with Crippen LogP contribution in [-0.4, -0.2) is 37.6 Å². The Kier molecular flexibility index (Phi) is 6.01. The second kappa shape index (κ2) is 8.87. The van der Waals surface area contributed by atoms with Gasteiger partial charge in [0.2, 0.25) is 5.91 Å². The minimum absolute atomic E-state index is 0.197. The van der Waals surface area contributed by atoms with Crippen molar-refractivity contribution in [3.8, 4) is 11.5 Å². The van der Waals surface area contributed by atoms with Gasteiger partial charge >= 0.3 is 0 Å². The third-order valence-corrected chi connectivity index (χ3v) is 6.04.